The summed E-state index contributed by atoms with van der Waals surface area (Å²) < 4.78 is 27.8. The average molecular weight is 349 g/mol. The van der Waals surface area contributed by atoms with Gasteiger partial charge < -0.3 is 14.7 Å². The van der Waals surface area contributed by atoms with Gasteiger partial charge in [-0.05, 0) is 14.0 Å². The summed E-state index contributed by atoms with van der Waals surface area (Å²) in [7, 11) is 2.50. The molecule has 0 spiro atoms. The van der Waals surface area contributed by atoms with Crippen LogP contribution in [0.4, 0.5) is 10.1 Å². The van der Waals surface area contributed by atoms with E-state index in [0.29, 0.717) is 33.7 Å². The van der Waals surface area contributed by atoms with Crippen LogP contribution in [0.1, 0.15) is 11.3 Å². The fraction of sp³-hybridized carbons (Fsp3) is 0.500. The number of fused-ring (bicyclic) bond motifs is 2. The van der Waals surface area contributed by atoms with Gasteiger partial charge in [0.2, 0.25) is 0 Å². The largest absolute Gasteiger partial charge is 0.349 e. The Labute approximate surface area is 143 Å². The maximum atomic E-state index is 14.8. The minimum absolute atomic E-state index is 0.0740. The molecule has 6 nitrogen and oxygen atoms in total. The van der Waals surface area contributed by atoms with Crippen LogP contribution in [0, 0.1) is 12.7 Å². The number of hydrogen-bond donors (Lipinski definition) is 0. The summed E-state index contributed by atoms with van der Waals surface area (Å²) in [6.07, 6.45) is 0. The molecule has 1 saturated heterocycles. The first-order valence-electron chi connectivity index (χ1n) is 7.94. The first-order chi connectivity index (χ1) is 11.4. The summed E-state index contributed by atoms with van der Waals surface area (Å²) in [5, 5.41) is 0.444. The minimum atomic E-state index is -1.29. The molecule has 1 fully saturated rings. The van der Waals surface area contributed by atoms with Gasteiger partial charge >= 0.3 is 0 Å². The Morgan fingerprint density at radius 2 is 2.08 bits per heavy atom. The molecular weight excluding hydrogens is 329 g/mol. The number of aliphatic imine (C=N–C) groups is 1. The predicted octanol–water partition coefficient (Wildman–Crippen LogP) is 0.934. The van der Waals surface area contributed by atoms with Crippen LogP contribution in [0.15, 0.2) is 22.4 Å². The second kappa shape index (κ2) is 5.35. The third kappa shape index (κ3) is 2.12. The lowest BCUT2D eigenvalue weighted by molar-refractivity contribution is 0.164. The number of anilines is 1. The van der Waals surface area contributed by atoms with Crippen molar-refractivity contribution < 1.29 is 8.60 Å². The first-order valence-corrected chi connectivity index (χ1v) is 9.25. The molecule has 8 heteroatoms. The number of hydrogen-bond acceptors (Lipinski definition) is 6. The maximum absolute atomic E-state index is 14.8. The van der Waals surface area contributed by atoms with Crippen molar-refractivity contribution >= 4 is 22.3 Å². The maximum Gasteiger partial charge on any atom is 0.168 e. The number of amidine groups is 1. The molecule has 0 aromatic carbocycles. The Hall–Kier alpha value is -1.80. The molecule has 1 aromatic rings. The Bertz CT molecular complexity index is 808. The number of rotatable bonds is 0. The molecule has 3 aliphatic heterocycles. The fourth-order valence-electron chi connectivity index (χ4n) is 3.60. The number of pyridine rings is 1. The number of likely N-dealkylation sites (N-methyl/N-ethyl adjacent to an activating group) is 1. The van der Waals surface area contributed by atoms with Crippen LogP contribution < -0.4 is 4.90 Å². The van der Waals surface area contributed by atoms with Gasteiger partial charge in [0.25, 0.3) is 0 Å². The molecule has 1 aromatic heterocycles. The van der Waals surface area contributed by atoms with E-state index < -0.39 is 16.6 Å². The van der Waals surface area contributed by atoms with Gasteiger partial charge in [-0.3, -0.25) is 4.21 Å². The lowest BCUT2D eigenvalue weighted by Gasteiger charge is -2.42. The lowest BCUT2D eigenvalue weighted by Crippen LogP contribution is -2.55. The third-order valence-corrected chi connectivity index (χ3v) is 6.36. The summed E-state index contributed by atoms with van der Waals surface area (Å²) in [6, 6.07) is 0.0740. The van der Waals surface area contributed by atoms with Gasteiger partial charge in [-0.2, -0.15) is 0 Å². The number of aryl methyl sites for hydroxylation is 1. The molecule has 0 bridgehead atoms. The van der Waals surface area contributed by atoms with Gasteiger partial charge in [0.1, 0.15) is 16.7 Å². The van der Waals surface area contributed by atoms with E-state index in [1.807, 2.05) is 0 Å². The molecule has 4 heterocycles. The van der Waals surface area contributed by atoms with Crippen molar-refractivity contribution in [1.29, 1.82) is 0 Å². The zero-order valence-electron chi connectivity index (χ0n) is 14.0. The van der Waals surface area contributed by atoms with E-state index in [9.17, 15) is 8.60 Å². The lowest BCUT2D eigenvalue weighted by atomic mass is 10.1. The van der Waals surface area contributed by atoms with E-state index in [1.165, 1.54) is 0 Å². The fourth-order valence-corrected chi connectivity index (χ4v) is 5.04. The van der Waals surface area contributed by atoms with Crippen LogP contribution in [0.2, 0.25) is 0 Å². The zero-order chi connectivity index (χ0) is 17.2. The monoisotopic (exact) mass is 349 g/mol. The molecule has 3 aliphatic rings. The van der Waals surface area contributed by atoms with Gasteiger partial charge in [0.05, 0.1) is 39.5 Å². The molecule has 2 unspecified atom stereocenters. The Kier molecular flexibility index (Phi) is 3.50. The van der Waals surface area contributed by atoms with Gasteiger partial charge in [-0.25, -0.2) is 14.4 Å². The average Bonchev–Trinajstić information content (AvgIpc) is 2.63. The molecule has 4 rings (SSSR count). The summed E-state index contributed by atoms with van der Waals surface area (Å²) >= 11 is 0. The number of piperazine rings is 1. The van der Waals surface area contributed by atoms with Crippen molar-refractivity contribution in [2.24, 2.45) is 4.99 Å². The van der Waals surface area contributed by atoms with Crippen molar-refractivity contribution in [1.82, 2.24) is 14.8 Å². The van der Waals surface area contributed by atoms with Crippen molar-refractivity contribution in [3.8, 4) is 0 Å². The van der Waals surface area contributed by atoms with E-state index in [0.717, 1.165) is 19.6 Å². The summed E-state index contributed by atoms with van der Waals surface area (Å²) in [6.45, 7) is 8.02. The molecule has 0 saturated carbocycles. The number of nitrogens with zero attached hydrogens (tertiary/aromatic N) is 5. The summed E-state index contributed by atoms with van der Waals surface area (Å²) in [5.74, 6) is 1.23. The van der Waals surface area contributed by atoms with E-state index in [4.69, 9.17) is 0 Å². The van der Waals surface area contributed by atoms with Crippen LogP contribution >= 0.6 is 0 Å². The second-order valence-corrected chi connectivity index (χ2v) is 7.98. The van der Waals surface area contributed by atoms with E-state index >= 15 is 0 Å². The second-order valence-electron chi connectivity index (χ2n) is 6.57. The molecular formula is C16H20FN5OS. The predicted molar refractivity (Wildman–Crippen MR) is 92.3 cm³/mol. The first kappa shape index (κ1) is 15.7. The smallest absolute Gasteiger partial charge is 0.168 e. The van der Waals surface area contributed by atoms with Crippen LogP contribution in [0.3, 0.4) is 0 Å². The highest BCUT2D eigenvalue weighted by atomic mass is 32.2. The Morgan fingerprint density at radius 3 is 2.83 bits per heavy atom. The standard InChI is InChI=1S/C16H20FN5OS/c1-9-13(17)14-12-15(19-10(2)21(14)4)22-6-5-20(3)7-11(22)8-24(23)16(12)18-9/h11H,2,5-8H2,1,3-4H3. The van der Waals surface area contributed by atoms with Crippen molar-refractivity contribution in [3.05, 3.63) is 29.5 Å². The zero-order valence-corrected chi connectivity index (χ0v) is 14.9. The number of aromatic nitrogens is 1. The van der Waals surface area contributed by atoms with Gasteiger partial charge in [0.15, 0.2) is 5.82 Å². The molecule has 0 amide bonds. The quantitative estimate of drug-likeness (QED) is 0.698. The van der Waals surface area contributed by atoms with Gasteiger partial charge in [-0.15, -0.1) is 0 Å². The topological polar surface area (TPSA) is 52.0 Å². The highest BCUT2D eigenvalue weighted by molar-refractivity contribution is 7.85. The normalized spacial score (nSPS) is 26.7. The van der Waals surface area contributed by atoms with Crippen LogP contribution in [-0.2, 0) is 10.8 Å². The van der Waals surface area contributed by atoms with E-state index in [-0.39, 0.29) is 11.7 Å². The van der Waals surface area contributed by atoms with Crippen LogP contribution in [-0.4, -0.2) is 70.4 Å². The Balaban J connectivity index is 2.00. The molecule has 0 aliphatic carbocycles. The van der Waals surface area contributed by atoms with E-state index in [2.05, 4.69) is 33.4 Å². The Morgan fingerprint density at radius 1 is 1.33 bits per heavy atom. The van der Waals surface area contributed by atoms with Crippen molar-refractivity contribution in [3.63, 3.8) is 0 Å². The van der Waals surface area contributed by atoms with Crippen LogP contribution in [0.25, 0.3) is 0 Å². The molecule has 2 atom stereocenters. The van der Waals surface area contributed by atoms with Gasteiger partial charge in [0, 0.05) is 26.7 Å². The van der Waals surface area contributed by atoms with Gasteiger partial charge in [-0.1, -0.05) is 6.58 Å². The minimum Gasteiger partial charge on any atom is -0.349 e. The number of halogens is 1. The summed E-state index contributed by atoms with van der Waals surface area (Å²) in [4.78, 5) is 15.0. The summed E-state index contributed by atoms with van der Waals surface area (Å²) in [5.41, 5.74) is 1.22. The molecule has 0 radical (unpaired) electrons. The SMILES string of the molecule is C=C1N=C2c3c(nc(C)c(F)c3N1C)S(=O)CC1CN(C)CCN21. The third-order valence-electron chi connectivity index (χ3n) is 4.94. The molecule has 24 heavy (non-hydrogen) atoms. The van der Waals surface area contributed by atoms with Crippen LogP contribution in [0.5, 0.6) is 0 Å². The molecule has 128 valence electrons. The van der Waals surface area contributed by atoms with Crippen molar-refractivity contribution in [2.75, 3.05) is 44.4 Å². The highest BCUT2D eigenvalue weighted by Crippen LogP contribution is 2.38. The van der Waals surface area contributed by atoms with E-state index in [1.54, 1.807) is 18.9 Å². The molecule has 0 N–H and O–H groups in total. The van der Waals surface area contributed by atoms with Crippen molar-refractivity contribution in [2.45, 2.75) is 18.0 Å². The highest BCUT2D eigenvalue weighted by Gasteiger charge is 2.41.